The number of piperidine rings is 1. The van der Waals surface area contributed by atoms with Crippen LogP contribution in [-0.2, 0) is 4.79 Å². The molecule has 1 heterocycles. The molecule has 2 saturated carbocycles. The van der Waals surface area contributed by atoms with E-state index in [2.05, 4.69) is 17.1 Å². The number of para-hydroxylation sites is 1. The summed E-state index contributed by atoms with van der Waals surface area (Å²) in [6.07, 6.45) is 8.88. The number of likely N-dealkylation sites (tertiary alicyclic amines) is 1. The lowest BCUT2D eigenvalue weighted by Gasteiger charge is -2.40. The Bertz CT molecular complexity index is 680. The molecule has 1 aliphatic heterocycles. The van der Waals surface area contributed by atoms with Crippen molar-refractivity contribution in [3.05, 3.63) is 30.3 Å². The molecule has 5 nitrogen and oxygen atoms in total. The van der Waals surface area contributed by atoms with Crippen LogP contribution in [0.15, 0.2) is 30.3 Å². The average Bonchev–Trinajstić information content (AvgIpc) is 3.55. The summed E-state index contributed by atoms with van der Waals surface area (Å²) in [5.41, 5.74) is 0.803. The highest BCUT2D eigenvalue weighted by molar-refractivity contribution is 5.90. The molecular formula is C23H33N3O2. The fraction of sp³-hybridized carbons (Fsp3) is 0.652. The van der Waals surface area contributed by atoms with Gasteiger partial charge in [0.2, 0.25) is 5.91 Å². The zero-order valence-electron chi connectivity index (χ0n) is 17.0. The first-order valence-electron chi connectivity index (χ1n) is 11.0. The van der Waals surface area contributed by atoms with E-state index in [1.807, 2.05) is 35.2 Å². The molecule has 0 radical (unpaired) electrons. The number of urea groups is 1. The Morgan fingerprint density at radius 2 is 1.61 bits per heavy atom. The highest BCUT2D eigenvalue weighted by atomic mass is 16.2. The van der Waals surface area contributed by atoms with Crippen molar-refractivity contribution in [2.75, 3.05) is 18.4 Å². The first kappa shape index (κ1) is 19.3. The lowest BCUT2D eigenvalue weighted by atomic mass is 9.85. The minimum absolute atomic E-state index is 0.0461. The van der Waals surface area contributed by atoms with Crippen LogP contribution in [0, 0.1) is 11.8 Å². The molecule has 1 N–H and O–H groups in total. The van der Waals surface area contributed by atoms with Crippen LogP contribution in [0.25, 0.3) is 0 Å². The van der Waals surface area contributed by atoms with Gasteiger partial charge in [-0.25, -0.2) is 4.79 Å². The topological polar surface area (TPSA) is 52.7 Å². The number of rotatable bonds is 4. The van der Waals surface area contributed by atoms with Crippen molar-refractivity contribution < 1.29 is 9.59 Å². The molecule has 2 aliphatic carbocycles. The predicted molar refractivity (Wildman–Crippen MR) is 111 cm³/mol. The van der Waals surface area contributed by atoms with E-state index < -0.39 is 0 Å². The summed E-state index contributed by atoms with van der Waals surface area (Å²) in [5.74, 6) is 1.05. The van der Waals surface area contributed by atoms with Crippen molar-refractivity contribution in [3.63, 3.8) is 0 Å². The standard InChI is InChI=1S/C23H33N3O2/c1-17-9-11-20(12-10-17)26(21-13-14-21)22(27)18-6-5-15-25(16-18)23(28)24-19-7-3-2-4-8-19/h2-4,7-8,17-18,20-21H,5-6,9-16H2,1H3,(H,24,28). The largest absolute Gasteiger partial charge is 0.336 e. The first-order valence-corrected chi connectivity index (χ1v) is 11.0. The second-order valence-electron chi connectivity index (χ2n) is 8.97. The second-order valence-corrected chi connectivity index (χ2v) is 8.97. The van der Waals surface area contributed by atoms with Gasteiger partial charge in [0.15, 0.2) is 0 Å². The van der Waals surface area contributed by atoms with Gasteiger partial charge in [0.05, 0.1) is 5.92 Å². The number of nitrogens with zero attached hydrogens (tertiary/aromatic N) is 2. The molecule has 5 heteroatoms. The number of benzene rings is 1. The lowest BCUT2D eigenvalue weighted by Crippen LogP contribution is -2.51. The normalized spacial score (nSPS) is 27.9. The molecule has 28 heavy (non-hydrogen) atoms. The Labute approximate surface area is 168 Å². The summed E-state index contributed by atoms with van der Waals surface area (Å²) in [5, 5.41) is 2.97. The SMILES string of the molecule is CC1CCC(N(C(=O)C2CCCN(C(=O)Nc3ccccc3)C2)C2CC2)CC1. The third-order valence-corrected chi connectivity index (χ3v) is 6.66. The van der Waals surface area contributed by atoms with E-state index in [0.717, 1.165) is 56.7 Å². The third kappa shape index (κ3) is 4.50. The lowest BCUT2D eigenvalue weighted by molar-refractivity contribution is -0.141. The van der Waals surface area contributed by atoms with Crippen molar-refractivity contribution in [1.29, 1.82) is 0 Å². The molecule has 0 aromatic heterocycles. The number of anilines is 1. The molecule has 4 rings (SSSR count). The number of amides is 3. The van der Waals surface area contributed by atoms with Crippen LogP contribution >= 0.6 is 0 Å². The molecule has 0 spiro atoms. The van der Waals surface area contributed by atoms with Crippen LogP contribution in [-0.4, -0.2) is 46.9 Å². The van der Waals surface area contributed by atoms with Gasteiger partial charge in [0, 0.05) is 30.9 Å². The van der Waals surface area contributed by atoms with E-state index in [0.29, 0.717) is 24.5 Å². The van der Waals surface area contributed by atoms with Gasteiger partial charge in [-0.1, -0.05) is 25.1 Å². The van der Waals surface area contributed by atoms with Crippen molar-refractivity contribution in [3.8, 4) is 0 Å². The monoisotopic (exact) mass is 383 g/mol. The summed E-state index contributed by atoms with van der Waals surface area (Å²) < 4.78 is 0. The summed E-state index contributed by atoms with van der Waals surface area (Å²) >= 11 is 0. The van der Waals surface area contributed by atoms with E-state index in [1.165, 1.54) is 12.8 Å². The smallest absolute Gasteiger partial charge is 0.321 e. The molecule has 152 valence electrons. The van der Waals surface area contributed by atoms with E-state index in [4.69, 9.17) is 0 Å². The van der Waals surface area contributed by atoms with Gasteiger partial charge >= 0.3 is 6.03 Å². The van der Waals surface area contributed by atoms with Gasteiger partial charge in [-0.2, -0.15) is 0 Å². The van der Waals surface area contributed by atoms with Crippen molar-refractivity contribution >= 4 is 17.6 Å². The maximum atomic E-state index is 13.5. The summed E-state index contributed by atoms with van der Waals surface area (Å²) in [7, 11) is 0. The van der Waals surface area contributed by atoms with Crippen LogP contribution < -0.4 is 5.32 Å². The van der Waals surface area contributed by atoms with Gasteiger partial charge in [0.25, 0.3) is 0 Å². The molecule has 1 unspecified atom stereocenters. The van der Waals surface area contributed by atoms with Crippen molar-refractivity contribution in [2.24, 2.45) is 11.8 Å². The van der Waals surface area contributed by atoms with Crippen LogP contribution in [0.2, 0.25) is 0 Å². The third-order valence-electron chi connectivity index (χ3n) is 6.66. The van der Waals surface area contributed by atoms with Crippen molar-refractivity contribution in [1.82, 2.24) is 9.80 Å². The molecule has 1 aromatic carbocycles. The van der Waals surface area contributed by atoms with Crippen LogP contribution in [0.1, 0.15) is 58.3 Å². The van der Waals surface area contributed by atoms with Gasteiger partial charge in [-0.15, -0.1) is 0 Å². The number of hydrogen-bond acceptors (Lipinski definition) is 2. The van der Waals surface area contributed by atoms with E-state index >= 15 is 0 Å². The summed E-state index contributed by atoms with van der Waals surface area (Å²) in [6.45, 7) is 3.60. The molecule has 1 atom stereocenters. The van der Waals surface area contributed by atoms with Gasteiger partial charge in [-0.3, -0.25) is 4.79 Å². The number of carbonyl (C=O) groups is 2. The Morgan fingerprint density at radius 3 is 2.25 bits per heavy atom. The molecule has 3 fully saturated rings. The maximum Gasteiger partial charge on any atom is 0.321 e. The van der Waals surface area contributed by atoms with E-state index in [-0.39, 0.29) is 11.9 Å². The second kappa shape index (κ2) is 8.54. The summed E-state index contributed by atoms with van der Waals surface area (Å²) in [6, 6.07) is 10.3. The molecular weight excluding hydrogens is 350 g/mol. The fourth-order valence-electron chi connectivity index (χ4n) is 4.83. The minimum Gasteiger partial charge on any atom is -0.336 e. The molecule has 1 saturated heterocycles. The van der Waals surface area contributed by atoms with Gasteiger partial charge < -0.3 is 15.1 Å². The maximum absolute atomic E-state index is 13.5. The number of nitrogens with one attached hydrogen (secondary N) is 1. The van der Waals surface area contributed by atoms with Gasteiger partial charge in [0.1, 0.15) is 0 Å². The molecule has 1 aromatic rings. The van der Waals surface area contributed by atoms with Crippen LogP contribution in [0.4, 0.5) is 10.5 Å². The Kier molecular flexibility index (Phi) is 5.88. The predicted octanol–water partition coefficient (Wildman–Crippen LogP) is 4.50. The van der Waals surface area contributed by atoms with Crippen LogP contribution in [0.3, 0.4) is 0 Å². The number of carbonyl (C=O) groups excluding carboxylic acids is 2. The Morgan fingerprint density at radius 1 is 0.964 bits per heavy atom. The first-order chi connectivity index (χ1) is 13.6. The zero-order valence-corrected chi connectivity index (χ0v) is 17.0. The molecule has 3 amide bonds. The molecule has 0 bridgehead atoms. The van der Waals surface area contributed by atoms with E-state index in [1.54, 1.807) is 0 Å². The minimum atomic E-state index is -0.0897. The Hall–Kier alpha value is -2.04. The van der Waals surface area contributed by atoms with Crippen LogP contribution in [0.5, 0.6) is 0 Å². The average molecular weight is 384 g/mol. The summed E-state index contributed by atoms with van der Waals surface area (Å²) in [4.78, 5) is 30.2. The number of hydrogen-bond donors (Lipinski definition) is 1. The highest BCUT2D eigenvalue weighted by Gasteiger charge is 2.42. The quantitative estimate of drug-likeness (QED) is 0.832. The zero-order chi connectivity index (χ0) is 19.5. The molecule has 3 aliphatic rings. The van der Waals surface area contributed by atoms with Gasteiger partial charge in [-0.05, 0) is 69.4 Å². The fourth-order valence-corrected chi connectivity index (χ4v) is 4.83. The van der Waals surface area contributed by atoms with E-state index in [9.17, 15) is 9.59 Å². The Balaban J connectivity index is 1.38. The highest BCUT2D eigenvalue weighted by Crippen LogP contribution is 2.37. The van der Waals surface area contributed by atoms with Crippen molar-refractivity contribution in [2.45, 2.75) is 70.4 Å².